The first kappa shape index (κ1) is 7.40. The smallest absolute Gasteiger partial charge is 0.126 e. The summed E-state index contributed by atoms with van der Waals surface area (Å²) in [5.74, 6) is 1.81. The number of anilines is 2. The van der Waals surface area contributed by atoms with Crippen molar-refractivity contribution in [1.29, 1.82) is 0 Å². The number of nitrogens with one attached hydrogen (secondary N) is 1. The minimum absolute atomic E-state index is 0.715. The highest BCUT2D eigenvalue weighted by Gasteiger charge is 2.20. The lowest BCUT2D eigenvalue weighted by molar-refractivity contribution is 0.883. The molecule has 1 saturated carbocycles. The summed E-state index contributed by atoms with van der Waals surface area (Å²) in [6.45, 7) is 1.05. The van der Waals surface area contributed by atoms with Gasteiger partial charge in [-0.1, -0.05) is 0 Å². The summed E-state index contributed by atoms with van der Waals surface area (Å²) in [4.78, 5) is 4.14. The molecule has 0 atom stereocenters. The van der Waals surface area contributed by atoms with Crippen LogP contribution in [0.3, 0.4) is 0 Å². The summed E-state index contributed by atoms with van der Waals surface area (Å²) in [5.41, 5.74) is 6.22. The van der Waals surface area contributed by atoms with Crippen molar-refractivity contribution in [3.05, 3.63) is 18.3 Å². The van der Waals surface area contributed by atoms with Crippen molar-refractivity contribution in [2.45, 2.75) is 12.8 Å². The first-order chi connectivity index (χ1) is 5.84. The van der Waals surface area contributed by atoms with Crippen molar-refractivity contribution in [2.24, 2.45) is 5.92 Å². The lowest BCUT2D eigenvalue weighted by atomic mass is 10.4. The molecule has 3 heteroatoms. The third kappa shape index (κ3) is 1.87. The second kappa shape index (κ2) is 3.01. The first-order valence-corrected chi connectivity index (χ1v) is 4.30. The van der Waals surface area contributed by atoms with Crippen LogP contribution in [0.25, 0.3) is 0 Å². The van der Waals surface area contributed by atoms with Gasteiger partial charge in [0, 0.05) is 6.54 Å². The van der Waals surface area contributed by atoms with Crippen molar-refractivity contribution >= 4 is 11.5 Å². The average Bonchev–Trinajstić information content (AvgIpc) is 2.87. The average molecular weight is 163 g/mol. The Bertz CT molecular complexity index is 251. The number of rotatable bonds is 3. The Morgan fingerprint density at radius 3 is 2.92 bits per heavy atom. The molecule has 1 aliphatic rings. The molecule has 0 saturated heterocycles. The van der Waals surface area contributed by atoms with Gasteiger partial charge in [-0.05, 0) is 30.9 Å². The van der Waals surface area contributed by atoms with Crippen LogP contribution in [-0.2, 0) is 0 Å². The van der Waals surface area contributed by atoms with Gasteiger partial charge in [0.25, 0.3) is 0 Å². The number of pyridine rings is 1. The molecule has 0 bridgehead atoms. The second-order valence-corrected chi connectivity index (χ2v) is 3.30. The number of nitrogens with zero attached hydrogens (tertiary/aromatic N) is 1. The fourth-order valence-electron chi connectivity index (χ4n) is 1.08. The van der Waals surface area contributed by atoms with E-state index >= 15 is 0 Å². The zero-order valence-corrected chi connectivity index (χ0v) is 6.96. The summed E-state index contributed by atoms with van der Waals surface area (Å²) < 4.78 is 0. The van der Waals surface area contributed by atoms with Gasteiger partial charge in [0.05, 0.1) is 11.9 Å². The topological polar surface area (TPSA) is 50.9 Å². The molecule has 12 heavy (non-hydrogen) atoms. The number of nitrogen functional groups attached to an aromatic ring is 1. The predicted molar refractivity (Wildman–Crippen MR) is 49.9 cm³/mol. The van der Waals surface area contributed by atoms with E-state index in [1.165, 1.54) is 12.8 Å². The van der Waals surface area contributed by atoms with E-state index < -0.39 is 0 Å². The molecule has 1 aromatic rings. The third-order valence-corrected chi connectivity index (χ3v) is 2.06. The van der Waals surface area contributed by atoms with Crippen LogP contribution < -0.4 is 11.1 Å². The fourth-order valence-corrected chi connectivity index (χ4v) is 1.08. The second-order valence-electron chi connectivity index (χ2n) is 3.30. The summed E-state index contributed by atoms with van der Waals surface area (Å²) in [7, 11) is 0. The van der Waals surface area contributed by atoms with Crippen LogP contribution in [0.4, 0.5) is 11.5 Å². The van der Waals surface area contributed by atoms with Crippen molar-refractivity contribution in [2.75, 3.05) is 17.6 Å². The third-order valence-electron chi connectivity index (χ3n) is 2.06. The van der Waals surface area contributed by atoms with E-state index in [1.807, 2.05) is 12.1 Å². The van der Waals surface area contributed by atoms with E-state index in [-0.39, 0.29) is 0 Å². The molecule has 3 nitrogen and oxygen atoms in total. The molecule has 0 aliphatic heterocycles. The fraction of sp³-hybridized carbons (Fsp3) is 0.444. The predicted octanol–water partition coefficient (Wildman–Crippen LogP) is 1.49. The van der Waals surface area contributed by atoms with Crippen molar-refractivity contribution in [1.82, 2.24) is 4.98 Å². The maximum Gasteiger partial charge on any atom is 0.126 e. The van der Waals surface area contributed by atoms with Gasteiger partial charge >= 0.3 is 0 Å². The summed E-state index contributed by atoms with van der Waals surface area (Å²) in [6.07, 6.45) is 4.40. The normalized spacial score (nSPS) is 16.0. The summed E-state index contributed by atoms with van der Waals surface area (Å²) in [6, 6.07) is 3.78. The molecular formula is C9H13N3. The monoisotopic (exact) mass is 163 g/mol. The number of hydrogen-bond donors (Lipinski definition) is 2. The molecule has 0 aromatic carbocycles. The van der Waals surface area contributed by atoms with Gasteiger partial charge in [0.15, 0.2) is 0 Å². The van der Waals surface area contributed by atoms with E-state index in [0.29, 0.717) is 5.69 Å². The van der Waals surface area contributed by atoms with Gasteiger partial charge in [0.2, 0.25) is 0 Å². The molecule has 1 aromatic heterocycles. The van der Waals surface area contributed by atoms with Crippen molar-refractivity contribution in [3.8, 4) is 0 Å². The lowest BCUT2D eigenvalue weighted by Crippen LogP contribution is -2.04. The van der Waals surface area contributed by atoms with E-state index in [0.717, 1.165) is 18.3 Å². The van der Waals surface area contributed by atoms with Gasteiger partial charge in [0.1, 0.15) is 5.82 Å². The summed E-state index contributed by atoms with van der Waals surface area (Å²) >= 11 is 0. The SMILES string of the molecule is Nc1ccc(NCC2CC2)nc1. The molecule has 1 heterocycles. The molecule has 3 N–H and O–H groups in total. The Hall–Kier alpha value is -1.25. The van der Waals surface area contributed by atoms with E-state index in [1.54, 1.807) is 6.20 Å². The molecule has 1 fully saturated rings. The Balaban J connectivity index is 1.89. The zero-order chi connectivity index (χ0) is 8.39. The molecule has 0 radical (unpaired) electrons. The van der Waals surface area contributed by atoms with Crippen LogP contribution in [0.15, 0.2) is 18.3 Å². The Morgan fingerprint density at radius 2 is 2.33 bits per heavy atom. The Morgan fingerprint density at radius 1 is 1.50 bits per heavy atom. The van der Waals surface area contributed by atoms with Gasteiger partial charge in [-0.15, -0.1) is 0 Å². The van der Waals surface area contributed by atoms with Crippen LogP contribution >= 0.6 is 0 Å². The Kier molecular flexibility index (Phi) is 1.86. The molecule has 0 unspecified atom stereocenters. The van der Waals surface area contributed by atoms with Gasteiger partial charge in [-0.25, -0.2) is 4.98 Å². The van der Waals surface area contributed by atoms with Crippen molar-refractivity contribution in [3.63, 3.8) is 0 Å². The van der Waals surface area contributed by atoms with Crippen LogP contribution in [0.1, 0.15) is 12.8 Å². The molecule has 1 aliphatic carbocycles. The highest BCUT2D eigenvalue weighted by Crippen LogP contribution is 2.28. The highest BCUT2D eigenvalue weighted by atomic mass is 15.0. The minimum atomic E-state index is 0.715. The molecule has 0 spiro atoms. The highest BCUT2D eigenvalue weighted by molar-refractivity contribution is 5.43. The van der Waals surface area contributed by atoms with Crippen LogP contribution in [0, 0.1) is 5.92 Å². The number of nitrogens with two attached hydrogens (primary N) is 1. The minimum Gasteiger partial charge on any atom is -0.397 e. The number of hydrogen-bond acceptors (Lipinski definition) is 3. The van der Waals surface area contributed by atoms with Gasteiger partial charge in [-0.3, -0.25) is 0 Å². The van der Waals surface area contributed by atoms with E-state index in [9.17, 15) is 0 Å². The van der Waals surface area contributed by atoms with Crippen molar-refractivity contribution < 1.29 is 0 Å². The van der Waals surface area contributed by atoms with Crippen LogP contribution in [0.5, 0.6) is 0 Å². The molecular weight excluding hydrogens is 150 g/mol. The van der Waals surface area contributed by atoms with Crippen LogP contribution in [0.2, 0.25) is 0 Å². The van der Waals surface area contributed by atoms with E-state index in [2.05, 4.69) is 10.3 Å². The lowest BCUT2D eigenvalue weighted by Gasteiger charge is -2.03. The maximum atomic E-state index is 5.50. The maximum absolute atomic E-state index is 5.50. The van der Waals surface area contributed by atoms with Gasteiger partial charge < -0.3 is 11.1 Å². The quantitative estimate of drug-likeness (QED) is 0.709. The number of aromatic nitrogens is 1. The largest absolute Gasteiger partial charge is 0.397 e. The molecule has 2 rings (SSSR count). The van der Waals surface area contributed by atoms with Gasteiger partial charge in [-0.2, -0.15) is 0 Å². The summed E-state index contributed by atoms with van der Waals surface area (Å²) in [5, 5.41) is 3.27. The molecule has 0 amide bonds. The Labute approximate surface area is 72.0 Å². The zero-order valence-electron chi connectivity index (χ0n) is 6.96. The van der Waals surface area contributed by atoms with E-state index in [4.69, 9.17) is 5.73 Å². The standard InChI is InChI=1S/C9H13N3/c10-8-3-4-9(12-6-8)11-5-7-1-2-7/h3-4,6-7H,1-2,5,10H2,(H,11,12). The van der Waals surface area contributed by atoms with Crippen LogP contribution in [-0.4, -0.2) is 11.5 Å². The molecule has 64 valence electrons. The first-order valence-electron chi connectivity index (χ1n) is 4.30.